The minimum Gasteiger partial charge on any atom is -0.508 e. The van der Waals surface area contributed by atoms with E-state index in [1.54, 1.807) is 18.2 Å². The normalized spacial score (nSPS) is 35.5. The molecule has 0 radical (unpaired) electrons. The van der Waals surface area contributed by atoms with Crippen molar-refractivity contribution in [2.24, 2.45) is 11.3 Å². The largest absolute Gasteiger partial charge is 0.508 e. The SMILES string of the molecule is CC(C)C12OOC1(c1cccc(O)c1)OCCC2(C)C. The molecular weight excluding hydrogens is 256 g/mol. The van der Waals surface area contributed by atoms with Crippen molar-refractivity contribution in [1.29, 1.82) is 0 Å². The van der Waals surface area contributed by atoms with Crippen molar-refractivity contribution < 1.29 is 19.6 Å². The molecule has 0 aliphatic carbocycles. The molecule has 0 amide bonds. The van der Waals surface area contributed by atoms with Crippen LogP contribution in [-0.4, -0.2) is 17.3 Å². The lowest BCUT2D eigenvalue weighted by Crippen LogP contribution is -2.76. The summed E-state index contributed by atoms with van der Waals surface area (Å²) in [6.45, 7) is 9.23. The second-order valence-electron chi connectivity index (χ2n) is 6.71. The van der Waals surface area contributed by atoms with Crippen molar-refractivity contribution in [1.82, 2.24) is 0 Å². The summed E-state index contributed by atoms with van der Waals surface area (Å²) in [4.78, 5) is 11.2. The Kier molecular flexibility index (Phi) is 2.91. The van der Waals surface area contributed by atoms with E-state index in [-0.39, 0.29) is 17.1 Å². The maximum absolute atomic E-state index is 9.77. The van der Waals surface area contributed by atoms with E-state index in [1.807, 2.05) is 6.07 Å². The summed E-state index contributed by atoms with van der Waals surface area (Å²) in [6.07, 6.45) is 0.912. The monoisotopic (exact) mass is 278 g/mol. The molecule has 2 aliphatic rings. The molecule has 0 bridgehead atoms. The van der Waals surface area contributed by atoms with Gasteiger partial charge in [-0.3, -0.25) is 0 Å². The molecule has 2 unspecified atom stereocenters. The molecule has 1 aromatic rings. The van der Waals surface area contributed by atoms with Crippen LogP contribution in [-0.2, 0) is 20.3 Å². The summed E-state index contributed by atoms with van der Waals surface area (Å²) < 4.78 is 6.05. The Morgan fingerprint density at radius 1 is 1.20 bits per heavy atom. The molecule has 2 fully saturated rings. The smallest absolute Gasteiger partial charge is 0.261 e. The maximum Gasteiger partial charge on any atom is 0.261 e. The third kappa shape index (κ3) is 1.47. The van der Waals surface area contributed by atoms with Crippen LogP contribution >= 0.6 is 0 Å². The third-order valence-electron chi connectivity index (χ3n) is 4.86. The highest BCUT2D eigenvalue weighted by Gasteiger charge is 2.75. The predicted molar refractivity (Wildman–Crippen MR) is 73.9 cm³/mol. The summed E-state index contributed by atoms with van der Waals surface area (Å²) in [5.41, 5.74) is 0.181. The first-order chi connectivity index (χ1) is 9.36. The molecule has 0 aromatic heterocycles. The van der Waals surface area contributed by atoms with E-state index >= 15 is 0 Å². The topological polar surface area (TPSA) is 47.9 Å². The molecule has 2 atom stereocenters. The van der Waals surface area contributed by atoms with Crippen LogP contribution in [0.2, 0.25) is 0 Å². The van der Waals surface area contributed by atoms with Crippen molar-refractivity contribution in [3.8, 4) is 5.75 Å². The van der Waals surface area contributed by atoms with E-state index in [4.69, 9.17) is 14.5 Å². The van der Waals surface area contributed by atoms with E-state index in [1.165, 1.54) is 0 Å². The van der Waals surface area contributed by atoms with E-state index in [9.17, 15) is 5.11 Å². The van der Waals surface area contributed by atoms with Crippen LogP contribution in [0.3, 0.4) is 0 Å². The number of phenols is 1. The number of rotatable bonds is 2. The molecule has 4 heteroatoms. The minimum absolute atomic E-state index is 0.0802. The van der Waals surface area contributed by atoms with Gasteiger partial charge in [0.25, 0.3) is 5.79 Å². The average Bonchev–Trinajstić information content (AvgIpc) is 2.31. The fourth-order valence-corrected chi connectivity index (χ4v) is 3.85. The van der Waals surface area contributed by atoms with Crippen LogP contribution in [0, 0.1) is 11.3 Å². The molecule has 1 N–H and O–H groups in total. The van der Waals surface area contributed by atoms with Crippen molar-refractivity contribution in [3.63, 3.8) is 0 Å². The summed E-state index contributed by atoms with van der Waals surface area (Å²) in [6, 6.07) is 7.06. The van der Waals surface area contributed by atoms with Gasteiger partial charge in [-0.05, 0) is 24.5 Å². The third-order valence-corrected chi connectivity index (χ3v) is 4.86. The highest BCUT2D eigenvalue weighted by molar-refractivity contribution is 5.35. The van der Waals surface area contributed by atoms with Gasteiger partial charge in [0.2, 0.25) is 0 Å². The zero-order valence-corrected chi connectivity index (χ0v) is 12.5. The number of hydrogen-bond donors (Lipinski definition) is 1. The van der Waals surface area contributed by atoms with Crippen molar-refractivity contribution >= 4 is 0 Å². The van der Waals surface area contributed by atoms with E-state index < -0.39 is 11.4 Å². The van der Waals surface area contributed by atoms with Crippen LogP contribution in [0.15, 0.2) is 24.3 Å². The number of phenolic OH excluding ortho intramolecular Hbond substituents is 1. The van der Waals surface area contributed by atoms with Gasteiger partial charge in [0.05, 0.1) is 6.61 Å². The van der Waals surface area contributed by atoms with Gasteiger partial charge in [0.1, 0.15) is 5.75 Å². The van der Waals surface area contributed by atoms with Gasteiger partial charge < -0.3 is 9.84 Å². The van der Waals surface area contributed by atoms with Crippen molar-refractivity contribution in [2.75, 3.05) is 6.61 Å². The number of aromatic hydroxyl groups is 1. The molecule has 1 aromatic carbocycles. The number of ether oxygens (including phenoxy) is 1. The molecule has 20 heavy (non-hydrogen) atoms. The van der Waals surface area contributed by atoms with Crippen molar-refractivity contribution in [3.05, 3.63) is 29.8 Å². The Hall–Kier alpha value is -1.10. The Bertz CT molecular complexity index is 525. The first kappa shape index (κ1) is 13.9. The highest BCUT2D eigenvalue weighted by Crippen LogP contribution is 2.64. The highest BCUT2D eigenvalue weighted by atomic mass is 17.3. The molecule has 2 aliphatic heterocycles. The molecule has 110 valence electrons. The average molecular weight is 278 g/mol. The summed E-state index contributed by atoms with van der Waals surface area (Å²) in [5, 5.41) is 9.77. The van der Waals surface area contributed by atoms with Gasteiger partial charge in [0.15, 0.2) is 5.60 Å². The summed E-state index contributed by atoms with van der Waals surface area (Å²) in [5.74, 6) is -0.507. The van der Waals surface area contributed by atoms with Crippen LogP contribution in [0.4, 0.5) is 0 Å². The van der Waals surface area contributed by atoms with E-state index in [0.717, 1.165) is 12.0 Å². The molecule has 0 spiro atoms. The van der Waals surface area contributed by atoms with E-state index in [2.05, 4.69) is 27.7 Å². The molecular formula is C16H22O4. The first-order valence-corrected chi connectivity index (χ1v) is 7.16. The zero-order chi connectivity index (χ0) is 14.6. The Morgan fingerprint density at radius 2 is 1.95 bits per heavy atom. The summed E-state index contributed by atoms with van der Waals surface area (Å²) >= 11 is 0. The maximum atomic E-state index is 9.77. The van der Waals surface area contributed by atoms with Gasteiger partial charge in [-0.15, -0.1) is 0 Å². The molecule has 2 saturated heterocycles. The standard InChI is InChI=1S/C16H22O4/c1-11(2)15-14(3,4)8-9-18-16(15,20-19-15)12-6-5-7-13(17)10-12/h5-7,10-11,17H,8-9H2,1-4H3. The molecule has 4 nitrogen and oxygen atoms in total. The Morgan fingerprint density at radius 3 is 2.50 bits per heavy atom. The minimum atomic E-state index is -0.929. The Labute approximate surface area is 119 Å². The summed E-state index contributed by atoms with van der Waals surface area (Å²) in [7, 11) is 0. The fourth-order valence-electron chi connectivity index (χ4n) is 3.85. The van der Waals surface area contributed by atoms with Crippen LogP contribution in [0.5, 0.6) is 5.75 Å². The van der Waals surface area contributed by atoms with Gasteiger partial charge in [-0.25, -0.2) is 4.89 Å². The fraction of sp³-hybridized carbons (Fsp3) is 0.625. The number of hydrogen-bond acceptors (Lipinski definition) is 4. The lowest BCUT2D eigenvalue weighted by Gasteiger charge is -2.66. The first-order valence-electron chi connectivity index (χ1n) is 7.16. The number of fused-ring (bicyclic) bond motifs is 1. The Balaban J connectivity index is 2.16. The van der Waals surface area contributed by atoms with Gasteiger partial charge in [0, 0.05) is 11.0 Å². The van der Waals surface area contributed by atoms with Gasteiger partial charge >= 0.3 is 0 Å². The second kappa shape index (κ2) is 4.20. The molecule has 3 rings (SSSR count). The van der Waals surface area contributed by atoms with Crippen molar-refractivity contribution in [2.45, 2.75) is 45.5 Å². The van der Waals surface area contributed by atoms with Gasteiger partial charge in [-0.1, -0.05) is 39.8 Å². The predicted octanol–water partition coefficient (Wildman–Crippen LogP) is 3.35. The lowest BCUT2D eigenvalue weighted by atomic mass is 9.59. The van der Waals surface area contributed by atoms with Crippen LogP contribution in [0.25, 0.3) is 0 Å². The zero-order valence-electron chi connectivity index (χ0n) is 12.5. The second-order valence-corrected chi connectivity index (χ2v) is 6.71. The van der Waals surface area contributed by atoms with Gasteiger partial charge in [-0.2, -0.15) is 4.89 Å². The van der Waals surface area contributed by atoms with Crippen LogP contribution in [0.1, 0.15) is 39.7 Å². The quantitative estimate of drug-likeness (QED) is 0.843. The lowest BCUT2D eigenvalue weighted by molar-refractivity contribution is -0.656. The molecule has 0 saturated carbocycles. The number of benzene rings is 1. The van der Waals surface area contributed by atoms with Crippen LogP contribution < -0.4 is 0 Å². The molecule has 2 heterocycles. The van der Waals surface area contributed by atoms with E-state index in [0.29, 0.717) is 6.61 Å².